The molecule has 0 aliphatic carbocycles. The van der Waals surface area contributed by atoms with Gasteiger partial charge < -0.3 is 4.74 Å². The molecule has 1 heterocycles. The van der Waals surface area contributed by atoms with E-state index in [-0.39, 0.29) is 0 Å². The van der Waals surface area contributed by atoms with Crippen LogP contribution in [0.15, 0.2) is 40.2 Å². The normalized spacial score (nSPS) is 10.6. The lowest BCUT2D eigenvalue weighted by Crippen LogP contribution is -1.96. The summed E-state index contributed by atoms with van der Waals surface area (Å²) in [5, 5.41) is 0. The molecule has 0 saturated heterocycles. The van der Waals surface area contributed by atoms with Crippen LogP contribution < -0.4 is 4.74 Å². The first-order valence-electron chi connectivity index (χ1n) is 6.28. The van der Waals surface area contributed by atoms with E-state index in [1.807, 2.05) is 0 Å². The molecule has 0 N–H and O–H groups in total. The third-order valence-corrected chi connectivity index (χ3v) is 4.40. The SMILES string of the molecule is CCCCCOc1ccc(-c2ccc(Br)s2)cc1. The van der Waals surface area contributed by atoms with Crippen molar-refractivity contribution in [1.82, 2.24) is 0 Å². The Hall–Kier alpha value is -0.800. The van der Waals surface area contributed by atoms with Crippen LogP contribution in [0.1, 0.15) is 26.2 Å². The minimum absolute atomic E-state index is 0.817. The van der Waals surface area contributed by atoms with Crippen LogP contribution in [0.5, 0.6) is 5.75 Å². The van der Waals surface area contributed by atoms with Crippen LogP contribution >= 0.6 is 27.3 Å². The number of thiophene rings is 1. The average molecular weight is 325 g/mol. The molecular formula is C15H17BrOS. The molecule has 1 nitrogen and oxygen atoms in total. The molecule has 0 atom stereocenters. The summed E-state index contributed by atoms with van der Waals surface area (Å²) in [6.07, 6.45) is 3.60. The van der Waals surface area contributed by atoms with Crippen molar-refractivity contribution in [3.05, 3.63) is 40.2 Å². The van der Waals surface area contributed by atoms with E-state index in [4.69, 9.17) is 4.74 Å². The molecule has 0 amide bonds. The highest BCUT2D eigenvalue weighted by Gasteiger charge is 2.01. The van der Waals surface area contributed by atoms with Crippen molar-refractivity contribution in [1.29, 1.82) is 0 Å². The summed E-state index contributed by atoms with van der Waals surface area (Å²) in [5.74, 6) is 0.963. The second-order valence-corrected chi connectivity index (χ2v) is 6.65. The monoisotopic (exact) mass is 324 g/mol. The Kier molecular flexibility index (Phi) is 5.26. The van der Waals surface area contributed by atoms with Crippen LogP contribution in [0.25, 0.3) is 10.4 Å². The Morgan fingerprint density at radius 3 is 2.44 bits per heavy atom. The lowest BCUT2D eigenvalue weighted by atomic mass is 10.2. The van der Waals surface area contributed by atoms with E-state index in [9.17, 15) is 0 Å². The van der Waals surface area contributed by atoms with Gasteiger partial charge in [-0.2, -0.15) is 0 Å². The van der Waals surface area contributed by atoms with Crippen molar-refractivity contribution in [3.8, 4) is 16.2 Å². The predicted molar refractivity (Wildman–Crippen MR) is 82.5 cm³/mol. The maximum absolute atomic E-state index is 5.70. The Morgan fingerprint density at radius 2 is 1.83 bits per heavy atom. The lowest BCUT2D eigenvalue weighted by molar-refractivity contribution is 0.306. The second kappa shape index (κ2) is 6.95. The van der Waals surface area contributed by atoms with Gasteiger partial charge >= 0.3 is 0 Å². The highest BCUT2D eigenvalue weighted by molar-refractivity contribution is 9.11. The molecule has 2 rings (SSSR count). The number of halogens is 1. The first-order valence-corrected chi connectivity index (χ1v) is 7.89. The highest BCUT2D eigenvalue weighted by Crippen LogP contribution is 2.32. The van der Waals surface area contributed by atoms with Gasteiger partial charge in [-0.15, -0.1) is 11.3 Å². The van der Waals surface area contributed by atoms with Crippen LogP contribution in [0.2, 0.25) is 0 Å². The summed E-state index contributed by atoms with van der Waals surface area (Å²) in [4.78, 5) is 1.28. The zero-order chi connectivity index (χ0) is 12.8. The summed E-state index contributed by atoms with van der Waals surface area (Å²) in [6.45, 7) is 3.02. The fraction of sp³-hybridized carbons (Fsp3) is 0.333. The summed E-state index contributed by atoms with van der Waals surface area (Å²) in [6, 6.07) is 12.5. The van der Waals surface area contributed by atoms with E-state index in [1.54, 1.807) is 11.3 Å². The van der Waals surface area contributed by atoms with E-state index < -0.39 is 0 Å². The summed E-state index contributed by atoms with van der Waals surface area (Å²) in [7, 11) is 0. The quantitative estimate of drug-likeness (QED) is 0.615. The van der Waals surface area contributed by atoms with Gasteiger partial charge in [0, 0.05) is 4.88 Å². The number of unbranched alkanes of at least 4 members (excludes halogenated alkanes) is 2. The molecular weight excluding hydrogens is 308 g/mol. The van der Waals surface area contributed by atoms with Gasteiger partial charge in [-0.3, -0.25) is 0 Å². The number of rotatable bonds is 6. The molecule has 0 fully saturated rings. The van der Waals surface area contributed by atoms with Crippen LogP contribution in [-0.2, 0) is 0 Å². The van der Waals surface area contributed by atoms with Gasteiger partial charge in [-0.05, 0) is 64.3 Å². The van der Waals surface area contributed by atoms with E-state index in [1.165, 1.54) is 23.3 Å². The smallest absolute Gasteiger partial charge is 0.119 e. The molecule has 0 bridgehead atoms. The number of hydrogen-bond donors (Lipinski definition) is 0. The molecule has 0 saturated carbocycles. The molecule has 0 radical (unpaired) electrons. The number of ether oxygens (including phenoxy) is 1. The molecule has 0 unspecified atom stereocenters. The first-order chi connectivity index (χ1) is 8.79. The zero-order valence-electron chi connectivity index (χ0n) is 10.5. The third kappa shape index (κ3) is 3.85. The minimum atomic E-state index is 0.817. The second-order valence-electron chi connectivity index (χ2n) is 4.18. The lowest BCUT2D eigenvalue weighted by Gasteiger charge is -2.06. The fourth-order valence-electron chi connectivity index (χ4n) is 1.73. The van der Waals surface area contributed by atoms with Gasteiger partial charge in [-0.1, -0.05) is 19.8 Å². The molecule has 1 aromatic heterocycles. The highest BCUT2D eigenvalue weighted by atomic mass is 79.9. The molecule has 3 heteroatoms. The van der Waals surface area contributed by atoms with Crippen molar-refractivity contribution < 1.29 is 4.74 Å². The Balaban J connectivity index is 1.93. The van der Waals surface area contributed by atoms with Crippen molar-refractivity contribution in [2.45, 2.75) is 26.2 Å². The summed E-state index contributed by atoms with van der Waals surface area (Å²) >= 11 is 5.23. The van der Waals surface area contributed by atoms with Crippen molar-refractivity contribution in [2.24, 2.45) is 0 Å². The van der Waals surface area contributed by atoms with E-state index in [0.29, 0.717) is 0 Å². The van der Waals surface area contributed by atoms with Gasteiger partial charge in [0.15, 0.2) is 0 Å². The van der Waals surface area contributed by atoms with Gasteiger partial charge in [0.1, 0.15) is 5.75 Å². The van der Waals surface area contributed by atoms with Crippen LogP contribution in [-0.4, -0.2) is 6.61 Å². The van der Waals surface area contributed by atoms with Crippen LogP contribution in [0.4, 0.5) is 0 Å². The Labute approximate surface area is 121 Å². The maximum Gasteiger partial charge on any atom is 0.119 e. The van der Waals surface area contributed by atoms with Crippen molar-refractivity contribution in [3.63, 3.8) is 0 Å². The maximum atomic E-state index is 5.70. The first kappa shape index (κ1) is 13.6. The van der Waals surface area contributed by atoms with Crippen molar-refractivity contribution in [2.75, 3.05) is 6.61 Å². The standard InChI is InChI=1S/C15H17BrOS/c1-2-3-4-11-17-13-7-5-12(6-8-13)14-9-10-15(16)18-14/h5-10H,2-4,11H2,1H3. The van der Waals surface area contributed by atoms with Gasteiger partial charge in [0.05, 0.1) is 10.4 Å². The fourth-order valence-corrected chi connectivity index (χ4v) is 3.12. The Morgan fingerprint density at radius 1 is 1.06 bits per heavy atom. The van der Waals surface area contributed by atoms with Gasteiger partial charge in [-0.25, -0.2) is 0 Å². The van der Waals surface area contributed by atoms with Gasteiger partial charge in [0.25, 0.3) is 0 Å². The van der Waals surface area contributed by atoms with Crippen molar-refractivity contribution >= 4 is 27.3 Å². The molecule has 0 spiro atoms. The molecule has 0 aliphatic heterocycles. The molecule has 0 aliphatic rings. The largest absolute Gasteiger partial charge is 0.494 e. The Bertz CT molecular complexity index is 475. The van der Waals surface area contributed by atoms with Crippen LogP contribution in [0.3, 0.4) is 0 Å². The zero-order valence-corrected chi connectivity index (χ0v) is 12.9. The molecule has 18 heavy (non-hydrogen) atoms. The summed E-state index contributed by atoms with van der Waals surface area (Å²) < 4.78 is 6.86. The number of hydrogen-bond acceptors (Lipinski definition) is 2. The van der Waals surface area contributed by atoms with Crippen LogP contribution in [0, 0.1) is 0 Å². The molecule has 2 aromatic rings. The van der Waals surface area contributed by atoms with E-state index >= 15 is 0 Å². The average Bonchev–Trinajstić information content (AvgIpc) is 2.82. The predicted octanol–water partition coefficient (Wildman–Crippen LogP) is 5.75. The van der Waals surface area contributed by atoms with E-state index in [0.717, 1.165) is 22.6 Å². The van der Waals surface area contributed by atoms with Gasteiger partial charge in [0.2, 0.25) is 0 Å². The van der Waals surface area contributed by atoms with E-state index in [2.05, 4.69) is 59.3 Å². The minimum Gasteiger partial charge on any atom is -0.494 e. The molecule has 1 aromatic carbocycles. The summed E-state index contributed by atoms with van der Waals surface area (Å²) in [5.41, 5.74) is 1.24. The molecule has 96 valence electrons. The third-order valence-electron chi connectivity index (χ3n) is 2.73. The number of benzene rings is 1. The topological polar surface area (TPSA) is 9.23 Å².